The summed E-state index contributed by atoms with van der Waals surface area (Å²) >= 11 is 11.7. The van der Waals surface area contributed by atoms with Crippen LogP contribution in [0, 0.1) is 5.82 Å². The molecule has 6 nitrogen and oxygen atoms in total. The van der Waals surface area contributed by atoms with Crippen molar-refractivity contribution < 1.29 is 13.9 Å². The van der Waals surface area contributed by atoms with Crippen LogP contribution in [-0.2, 0) is 4.74 Å². The molecule has 1 aromatic carbocycles. The number of carbonyl (C=O) groups is 1. The van der Waals surface area contributed by atoms with E-state index in [1.54, 1.807) is 0 Å². The number of aliphatic imine (C=N–C) groups is 1. The number of hydrogen-bond acceptors (Lipinski definition) is 5. The molecular weight excluding hydrogens is 394 g/mol. The maximum atomic E-state index is 14.1. The summed E-state index contributed by atoms with van der Waals surface area (Å²) in [5.41, 5.74) is 6.26. The fraction of sp³-hybridized carbons (Fsp3) is 0.278. The van der Waals surface area contributed by atoms with Crippen LogP contribution in [0.3, 0.4) is 0 Å². The Morgan fingerprint density at radius 1 is 1.33 bits per heavy atom. The highest BCUT2D eigenvalue weighted by Crippen LogP contribution is 2.29. The summed E-state index contributed by atoms with van der Waals surface area (Å²) in [5.74, 6) is -0.974. The van der Waals surface area contributed by atoms with Crippen LogP contribution < -0.4 is 11.1 Å². The van der Waals surface area contributed by atoms with Crippen molar-refractivity contribution in [1.29, 1.82) is 0 Å². The maximum Gasteiger partial charge on any atom is 0.282 e. The summed E-state index contributed by atoms with van der Waals surface area (Å²) in [7, 11) is 0. The molecule has 0 bridgehead atoms. The normalized spacial score (nSPS) is 15.7. The number of nitrogens with one attached hydrogen (secondary N) is 1. The quantitative estimate of drug-likeness (QED) is 0.771. The molecule has 3 rings (SSSR count). The molecule has 0 saturated heterocycles. The van der Waals surface area contributed by atoms with Crippen molar-refractivity contribution >= 4 is 40.8 Å². The predicted molar refractivity (Wildman–Crippen MR) is 105 cm³/mol. The number of nitrogens with zero attached hydrogens (tertiary/aromatic N) is 2. The standard InChI is InChI=1S/C16H13Cl2FN4O2.C2H6/c17-8-5-11(18)14(21-7-8)15(24)22-9-1-2-12(19)10(6-9)13-3-4-25-16(20)23-13;1-2/h1-2,5-7,13H,3-4H2,(H2,20,23)(H,22,24);1-2H3. The first-order chi connectivity index (χ1) is 12.9. The van der Waals surface area contributed by atoms with Crippen molar-refractivity contribution in [2.24, 2.45) is 10.7 Å². The van der Waals surface area contributed by atoms with Gasteiger partial charge in [-0.15, -0.1) is 0 Å². The third kappa shape index (κ3) is 5.30. The van der Waals surface area contributed by atoms with E-state index < -0.39 is 17.8 Å². The lowest BCUT2D eigenvalue weighted by molar-refractivity contribution is 0.102. The number of amides is 1. The number of anilines is 1. The third-order valence-electron chi connectivity index (χ3n) is 3.56. The van der Waals surface area contributed by atoms with Gasteiger partial charge >= 0.3 is 0 Å². The maximum absolute atomic E-state index is 14.1. The van der Waals surface area contributed by atoms with Gasteiger partial charge < -0.3 is 15.8 Å². The van der Waals surface area contributed by atoms with Crippen molar-refractivity contribution in [2.75, 3.05) is 11.9 Å². The van der Waals surface area contributed by atoms with Crippen LogP contribution in [0.1, 0.15) is 42.4 Å². The average Bonchev–Trinajstić information content (AvgIpc) is 2.65. The van der Waals surface area contributed by atoms with E-state index in [2.05, 4.69) is 15.3 Å². The van der Waals surface area contributed by atoms with Gasteiger partial charge in [-0.25, -0.2) is 14.4 Å². The van der Waals surface area contributed by atoms with Crippen molar-refractivity contribution in [3.63, 3.8) is 0 Å². The summed E-state index contributed by atoms with van der Waals surface area (Å²) < 4.78 is 19.2. The van der Waals surface area contributed by atoms with E-state index in [9.17, 15) is 9.18 Å². The Kier molecular flexibility index (Phi) is 7.38. The second-order valence-electron chi connectivity index (χ2n) is 5.29. The first-order valence-electron chi connectivity index (χ1n) is 8.32. The van der Waals surface area contributed by atoms with E-state index in [-0.39, 0.29) is 16.7 Å². The molecule has 9 heteroatoms. The van der Waals surface area contributed by atoms with Crippen LogP contribution in [0.25, 0.3) is 0 Å². The second-order valence-corrected chi connectivity index (χ2v) is 6.14. The first-order valence-corrected chi connectivity index (χ1v) is 9.07. The van der Waals surface area contributed by atoms with Crippen LogP contribution in [0.15, 0.2) is 35.5 Å². The Balaban J connectivity index is 0.00000126. The minimum Gasteiger partial charge on any atom is -0.465 e. The van der Waals surface area contributed by atoms with E-state index in [1.165, 1.54) is 30.5 Å². The minimum absolute atomic E-state index is 0.0160. The Morgan fingerprint density at radius 2 is 2.07 bits per heavy atom. The van der Waals surface area contributed by atoms with Gasteiger partial charge in [0.05, 0.1) is 22.7 Å². The number of benzene rings is 1. The molecule has 0 saturated carbocycles. The third-order valence-corrected chi connectivity index (χ3v) is 4.05. The van der Waals surface area contributed by atoms with Crippen LogP contribution in [0.5, 0.6) is 0 Å². The molecule has 1 aromatic heterocycles. The lowest BCUT2D eigenvalue weighted by atomic mass is 10.0. The first kappa shape index (κ1) is 20.9. The van der Waals surface area contributed by atoms with Crippen molar-refractivity contribution in [1.82, 2.24) is 4.98 Å². The number of aromatic nitrogens is 1. The van der Waals surface area contributed by atoms with Gasteiger partial charge in [-0.3, -0.25) is 4.79 Å². The fourth-order valence-corrected chi connectivity index (χ4v) is 2.87. The predicted octanol–water partition coefficient (Wildman–Crippen LogP) is 4.58. The smallest absolute Gasteiger partial charge is 0.282 e. The zero-order chi connectivity index (χ0) is 20.0. The van der Waals surface area contributed by atoms with Crippen LogP contribution >= 0.6 is 23.2 Å². The largest absolute Gasteiger partial charge is 0.465 e. The zero-order valence-corrected chi connectivity index (χ0v) is 16.3. The van der Waals surface area contributed by atoms with E-state index in [0.29, 0.717) is 29.3 Å². The lowest BCUT2D eigenvalue weighted by Gasteiger charge is -2.20. The number of hydrogen-bond donors (Lipinski definition) is 2. The molecule has 0 radical (unpaired) electrons. The van der Waals surface area contributed by atoms with Crippen LogP contribution in [0.2, 0.25) is 10.0 Å². The van der Waals surface area contributed by atoms with Gasteiger partial charge in [0.25, 0.3) is 11.9 Å². The van der Waals surface area contributed by atoms with Gasteiger partial charge in [0.15, 0.2) is 0 Å². The molecule has 1 aliphatic rings. The van der Waals surface area contributed by atoms with Gasteiger partial charge in [-0.2, -0.15) is 0 Å². The van der Waals surface area contributed by atoms with E-state index in [0.717, 1.165) is 0 Å². The van der Waals surface area contributed by atoms with Crippen molar-refractivity contribution in [3.8, 4) is 0 Å². The van der Waals surface area contributed by atoms with Crippen LogP contribution in [0.4, 0.5) is 10.1 Å². The Morgan fingerprint density at radius 3 is 2.74 bits per heavy atom. The Bertz CT molecular complexity index is 861. The molecule has 3 N–H and O–H groups in total. The van der Waals surface area contributed by atoms with Gasteiger partial charge in [-0.05, 0) is 24.3 Å². The molecule has 27 heavy (non-hydrogen) atoms. The molecule has 1 unspecified atom stereocenters. The van der Waals surface area contributed by atoms with Gasteiger partial charge in [0.2, 0.25) is 0 Å². The molecular formula is C18H19Cl2FN4O2. The van der Waals surface area contributed by atoms with Crippen molar-refractivity contribution in [3.05, 3.63) is 57.6 Å². The molecule has 1 amide bonds. The van der Waals surface area contributed by atoms with E-state index >= 15 is 0 Å². The SMILES string of the molecule is CC.NC1=NC(c2cc(NC(=O)c3ncc(Cl)cc3Cl)ccc2F)CCO1. The summed E-state index contributed by atoms with van der Waals surface area (Å²) in [5, 5.41) is 3.07. The highest BCUT2D eigenvalue weighted by Gasteiger charge is 2.21. The van der Waals surface area contributed by atoms with Gasteiger partial charge in [0.1, 0.15) is 11.5 Å². The molecule has 0 spiro atoms. The van der Waals surface area contributed by atoms with Crippen molar-refractivity contribution in [2.45, 2.75) is 26.3 Å². The molecule has 0 fully saturated rings. The highest BCUT2D eigenvalue weighted by molar-refractivity contribution is 6.36. The topological polar surface area (TPSA) is 89.6 Å². The van der Waals surface area contributed by atoms with Crippen LogP contribution in [-0.4, -0.2) is 23.5 Å². The molecule has 1 aliphatic heterocycles. The Labute approximate surface area is 166 Å². The number of rotatable bonds is 3. The highest BCUT2D eigenvalue weighted by atomic mass is 35.5. The molecule has 144 valence electrons. The van der Waals surface area contributed by atoms with E-state index in [1.807, 2.05) is 13.8 Å². The van der Waals surface area contributed by atoms with Gasteiger partial charge in [-0.1, -0.05) is 37.0 Å². The van der Waals surface area contributed by atoms with Gasteiger partial charge in [0, 0.05) is 23.9 Å². The number of halogens is 3. The average molecular weight is 413 g/mol. The molecule has 2 heterocycles. The molecule has 0 aliphatic carbocycles. The Hall–Kier alpha value is -2.38. The number of pyridine rings is 1. The fourth-order valence-electron chi connectivity index (χ4n) is 2.40. The zero-order valence-electron chi connectivity index (χ0n) is 14.8. The monoisotopic (exact) mass is 412 g/mol. The van der Waals surface area contributed by atoms with E-state index in [4.69, 9.17) is 33.7 Å². The number of ether oxygens (including phenoxy) is 1. The number of nitrogens with two attached hydrogens (primary N) is 1. The minimum atomic E-state index is -0.533. The lowest BCUT2D eigenvalue weighted by Crippen LogP contribution is -2.24. The molecule has 1 atom stereocenters. The summed E-state index contributed by atoms with van der Waals surface area (Å²) in [6.45, 7) is 4.35. The summed E-state index contributed by atoms with van der Waals surface area (Å²) in [6.07, 6.45) is 1.80. The number of carbonyl (C=O) groups excluding carboxylic acids is 1. The number of amidine groups is 1. The molecule has 2 aromatic rings. The second kappa shape index (κ2) is 9.53. The summed E-state index contributed by atoms with van der Waals surface area (Å²) in [6, 6.07) is 5.16. The summed E-state index contributed by atoms with van der Waals surface area (Å²) in [4.78, 5) is 20.3.